The monoisotopic (exact) mass is 306 g/mol. The summed E-state index contributed by atoms with van der Waals surface area (Å²) < 4.78 is 0. The van der Waals surface area contributed by atoms with Crippen molar-refractivity contribution in [2.45, 2.75) is 30.7 Å². The summed E-state index contributed by atoms with van der Waals surface area (Å²) in [5, 5.41) is 3.17. The van der Waals surface area contributed by atoms with Gasteiger partial charge in [0, 0.05) is 18.5 Å². The molecule has 0 unspecified atom stereocenters. The van der Waals surface area contributed by atoms with E-state index in [0.717, 1.165) is 19.5 Å². The normalized spacial score (nSPS) is 21.4. The zero-order valence-electron chi connectivity index (χ0n) is 13.2. The Morgan fingerprint density at radius 2 is 1.70 bits per heavy atom. The molecule has 1 N–H and O–H groups in total. The van der Waals surface area contributed by atoms with Crippen molar-refractivity contribution in [1.29, 1.82) is 0 Å². The zero-order chi connectivity index (χ0) is 15.7. The van der Waals surface area contributed by atoms with Crippen LogP contribution in [0.25, 0.3) is 0 Å². The third-order valence-corrected chi connectivity index (χ3v) is 5.28. The molecule has 0 radical (unpaired) electrons. The SMILES string of the molecule is O=C(NCC1(c2ccccc2)CC1)N1CC[C@H]1c1ccccc1. The Balaban J connectivity index is 1.38. The molecule has 0 spiro atoms. The largest absolute Gasteiger partial charge is 0.337 e. The van der Waals surface area contributed by atoms with Crippen LogP contribution in [0.2, 0.25) is 0 Å². The highest BCUT2D eigenvalue weighted by atomic mass is 16.2. The predicted molar refractivity (Wildman–Crippen MR) is 91.3 cm³/mol. The summed E-state index contributed by atoms with van der Waals surface area (Å²) in [6.45, 7) is 1.59. The second-order valence-corrected chi connectivity index (χ2v) is 6.71. The summed E-state index contributed by atoms with van der Waals surface area (Å²) in [4.78, 5) is 14.5. The fourth-order valence-corrected chi connectivity index (χ4v) is 3.51. The second kappa shape index (κ2) is 5.73. The van der Waals surface area contributed by atoms with E-state index < -0.39 is 0 Å². The molecular weight excluding hydrogens is 284 g/mol. The Morgan fingerprint density at radius 1 is 1.04 bits per heavy atom. The minimum absolute atomic E-state index is 0.0762. The first kappa shape index (κ1) is 14.3. The van der Waals surface area contributed by atoms with Gasteiger partial charge in [-0.25, -0.2) is 4.79 Å². The fourth-order valence-electron chi connectivity index (χ4n) is 3.51. The van der Waals surface area contributed by atoms with Crippen molar-refractivity contribution in [2.75, 3.05) is 13.1 Å². The summed E-state index contributed by atoms with van der Waals surface area (Å²) in [7, 11) is 0. The quantitative estimate of drug-likeness (QED) is 0.913. The topological polar surface area (TPSA) is 32.3 Å². The van der Waals surface area contributed by atoms with Crippen LogP contribution in [0.5, 0.6) is 0 Å². The smallest absolute Gasteiger partial charge is 0.317 e. The molecule has 2 amide bonds. The molecule has 0 bridgehead atoms. The molecule has 2 aromatic rings. The number of carbonyl (C=O) groups excluding carboxylic acids is 1. The highest BCUT2D eigenvalue weighted by Gasteiger charge is 2.45. The van der Waals surface area contributed by atoms with Crippen molar-refractivity contribution in [3.05, 3.63) is 71.8 Å². The standard InChI is InChI=1S/C20H22N2O/c23-19(22-14-11-18(22)16-7-3-1-4-8-16)21-15-20(12-13-20)17-9-5-2-6-10-17/h1-10,18H,11-15H2,(H,21,23)/t18-/m0/s1. The molecule has 0 aromatic heterocycles. The third kappa shape index (κ3) is 2.72. The predicted octanol–water partition coefficient (Wildman–Crippen LogP) is 3.87. The van der Waals surface area contributed by atoms with Crippen LogP contribution in [-0.4, -0.2) is 24.0 Å². The molecule has 4 rings (SSSR count). The van der Waals surface area contributed by atoms with Gasteiger partial charge < -0.3 is 10.2 Å². The van der Waals surface area contributed by atoms with E-state index in [1.54, 1.807) is 0 Å². The Hall–Kier alpha value is -2.29. The van der Waals surface area contributed by atoms with E-state index in [2.05, 4.69) is 41.7 Å². The molecule has 1 saturated carbocycles. The maximum atomic E-state index is 12.5. The zero-order valence-corrected chi connectivity index (χ0v) is 13.2. The van der Waals surface area contributed by atoms with Crippen LogP contribution in [0.1, 0.15) is 36.4 Å². The number of hydrogen-bond acceptors (Lipinski definition) is 1. The molecule has 3 heteroatoms. The van der Waals surface area contributed by atoms with Gasteiger partial charge in [-0.1, -0.05) is 60.7 Å². The van der Waals surface area contributed by atoms with Crippen molar-refractivity contribution < 1.29 is 4.79 Å². The van der Waals surface area contributed by atoms with Crippen molar-refractivity contribution in [1.82, 2.24) is 10.2 Å². The molecule has 118 valence electrons. The molecule has 1 atom stereocenters. The lowest BCUT2D eigenvalue weighted by molar-refractivity contribution is 0.115. The van der Waals surface area contributed by atoms with Gasteiger partial charge >= 0.3 is 6.03 Å². The number of nitrogens with one attached hydrogen (secondary N) is 1. The van der Waals surface area contributed by atoms with Crippen LogP contribution in [0.15, 0.2) is 60.7 Å². The molecule has 2 aromatic carbocycles. The first-order valence-electron chi connectivity index (χ1n) is 8.43. The average molecular weight is 306 g/mol. The Kier molecular flexibility index (Phi) is 3.56. The molecule has 23 heavy (non-hydrogen) atoms. The van der Waals surface area contributed by atoms with E-state index in [9.17, 15) is 4.79 Å². The van der Waals surface area contributed by atoms with Crippen molar-refractivity contribution >= 4 is 6.03 Å². The van der Waals surface area contributed by atoms with E-state index in [0.29, 0.717) is 0 Å². The first-order chi connectivity index (χ1) is 11.3. The summed E-state index contributed by atoms with van der Waals surface area (Å²) in [5.41, 5.74) is 2.76. The van der Waals surface area contributed by atoms with Gasteiger partial charge in [-0.2, -0.15) is 0 Å². The van der Waals surface area contributed by atoms with Gasteiger partial charge in [0.1, 0.15) is 0 Å². The minimum Gasteiger partial charge on any atom is -0.337 e. The molecule has 1 aliphatic carbocycles. The lowest BCUT2D eigenvalue weighted by Crippen LogP contribution is -2.51. The van der Waals surface area contributed by atoms with E-state index in [1.165, 1.54) is 24.0 Å². The molecule has 2 fully saturated rings. The van der Waals surface area contributed by atoms with E-state index >= 15 is 0 Å². The van der Waals surface area contributed by atoms with Gasteiger partial charge in [0.15, 0.2) is 0 Å². The number of hydrogen-bond donors (Lipinski definition) is 1. The maximum Gasteiger partial charge on any atom is 0.317 e. The number of urea groups is 1. The van der Waals surface area contributed by atoms with Gasteiger partial charge in [0.05, 0.1) is 6.04 Å². The molecule has 1 aliphatic heterocycles. The number of nitrogens with zero attached hydrogens (tertiary/aromatic N) is 1. The van der Waals surface area contributed by atoms with Gasteiger partial charge in [-0.05, 0) is 30.4 Å². The molecule has 2 aliphatic rings. The maximum absolute atomic E-state index is 12.5. The van der Waals surface area contributed by atoms with Crippen LogP contribution in [0.3, 0.4) is 0 Å². The van der Waals surface area contributed by atoms with Gasteiger partial charge in [0.2, 0.25) is 0 Å². The average Bonchev–Trinajstić information content (AvgIpc) is 3.35. The van der Waals surface area contributed by atoms with Crippen molar-refractivity contribution in [2.24, 2.45) is 0 Å². The van der Waals surface area contributed by atoms with Crippen LogP contribution in [0, 0.1) is 0 Å². The summed E-state index contributed by atoms with van der Waals surface area (Å²) in [6.07, 6.45) is 3.39. The number of amides is 2. The van der Waals surface area contributed by atoms with E-state index in [1.807, 2.05) is 29.2 Å². The molecule has 1 saturated heterocycles. The third-order valence-electron chi connectivity index (χ3n) is 5.28. The summed E-state index contributed by atoms with van der Waals surface area (Å²) in [5.74, 6) is 0. The van der Waals surface area contributed by atoms with Crippen LogP contribution in [-0.2, 0) is 5.41 Å². The van der Waals surface area contributed by atoms with Crippen LogP contribution >= 0.6 is 0 Å². The highest BCUT2D eigenvalue weighted by Crippen LogP contribution is 2.47. The summed E-state index contributed by atoms with van der Waals surface area (Å²) >= 11 is 0. The van der Waals surface area contributed by atoms with Gasteiger partial charge in [-0.3, -0.25) is 0 Å². The van der Waals surface area contributed by atoms with E-state index in [4.69, 9.17) is 0 Å². The Bertz CT molecular complexity index is 679. The van der Waals surface area contributed by atoms with E-state index in [-0.39, 0.29) is 17.5 Å². The number of benzene rings is 2. The lowest BCUT2D eigenvalue weighted by Gasteiger charge is -2.41. The van der Waals surface area contributed by atoms with Crippen LogP contribution in [0.4, 0.5) is 4.79 Å². The number of rotatable bonds is 4. The number of likely N-dealkylation sites (tertiary alicyclic amines) is 1. The first-order valence-corrected chi connectivity index (χ1v) is 8.43. The van der Waals surface area contributed by atoms with Crippen molar-refractivity contribution in [3.8, 4) is 0 Å². The molecular formula is C20H22N2O. The highest BCUT2D eigenvalue weighted by molar-refractivity contribution is 5.76. The van der Waals surface area contributed by atoms with Gasteiger partial charge in [-0.15, -0.1) is 0 Å². The molecule has 1 heterocycles. The summed E-state index contributed by atoms with van der Waals surface area (Å²) in [6, 6.07) is 21.2. The Morgan fingerprint density at radius 3 is 2.26 bits per heavy atom. The lowest BCUT2D eigenvalue weighted by atomic mass is 9.94. The fraction of sp³-hybridized carbons (Fsp3) is 0.350. The molecule has 3 nitrogen and oxygen atoms in total. The van der Waals surface area contributed by atoms with Gasteiger partial charge in [0.25, 0.3) is 0 Å². The Labute approximate surface area is 137 Å². The van der Waals surface area contributed by atoms with Crippen LogP contribution < -0.4 is 5.32 Å². The minimum atomic E-state index is 0.0762. The second-order valence-electron chi connectivity index (χ2n) is 6.71. The van der Waals surface area contributed by atoms with Crippen molar-refractivity contribution in [3.63, 3.8) is 0 Å². The number of carbonyl (C=O) groups is 1.